The summed E-state index contributed by atoms with van der Waals surface area (Å²) in [7, 11) is 0. The minimum atomic E-state index is -0.0906. The molecular weight excluding hydrogens is 384 g/mol. The summed E-state index contributed by atoms with van der Waals surface area (Å²) in [5.41, 5.74) is 0.792. The Labute approximate surface area is 172 Å². The van der Waals surface area contributed by atoms with Gasteiger partial charge in [0.25, 0.3) is 5.91 Å². The second-order valence-electron chi connectivity index (χ2n) is 7.01. The first-order valence-electron chi connectivity index (χ1n) is 9.67. The van der Waals surface area contributed by atoms with Crippen LogP contribution >= 0.6 is 11.8 Å². The SMILES string of the molecule is O=C(c1ccc(CSc2ccccc2)o1)N1CCC[C@H]1c1nnc2ccccn12. The first-order valence-corrected chi connectivity index (χ1v) is 10.7. The third-order valence-corrected chi connectivity index (χ3v) is 6.18. The van der Waals surface area contributed by atoms with Crippen LogP contribution in [0.15, 0.2) is 76.2 Å². The summed E-state index contributed by atoms with van der Waals surface area (Å²) in [6.45, 7) is 0.694. The Bertz CT molecular complexity index is 1140. The number of rotatable bonds is 5. The van der Waals surface area contributed by atoms with E-state index in [4.69, 9.17) is 4.42 Å². The molecular formula is C22H20N4O2S. The Morgan fingerprint density at radius 2 is 1.93 bits per heavy atom. The van der Waals surface area contributed by atoms with Crippen molar-refractivity contribution in [3.05, 3.63) is 84.2 Å². The Balaban J connectivity index is 1.33. The number of likely N-dealkylation sites (tertiary alicyclic amines) is 1. The molecule has 7 heteroatoms. The molecule has 1 aromatic carbocycles. The van der Waals surface area contributed by atoms with Crippen molar-refractivity contribution in [3.8, 4) is 0 Å². The number of furan rings is 1. The number of amides is 1. The Kier molecular flexibility index (Phi) is 4.81. The molecule has 0 N–H and O–H groups in total. The van der Waals surface area contributed by atoms with Crippen molar-refractivity contribution >= 4 is 23.3 Å². The van der Waals surface area contributed by atoms with Gasteiger partial charge < -0.3 is 9.32 Å². The fourth-order valence-electron chi connectivity index (χ4n) is 3.75. The predicted octanol–water partition coefficient (Wildman–Crippen LogP) is 4.59. The maximum atomic E-state index is 13.1. The lowest BCUT2D eigenvalue weighted by Crippen LogP contribution is -2.31. The summed E-state index contributed by atoms with van der Waals surface area (Å²) in [5.74, 6) is 2.59. The van der Waals surface area contributed by atoms with Gasteiger partial charge in [0, 0.05) is 17.6 Å². The van der Waals surface area contributed by atoms with E-state index in [1.807, 2.05) is 58.0 Å². The smallest absolute Gasteiger partial charge is 0.290 e. The Morgan fingerprint density at radius 1 is 1.07 bits per heavy atom. The second kappa shape index (κ2) is 7.75. The maximum Gasteiger partial charge on any atom is 0.290 e. The van der Waals surface area contributed by atoms with E-state index in [9.17, 15) is 4.79 Å². The molecule has 3 aromatic heterocycles. The van der Waals surface area contributed by atoms with Gasteiger partial charge in [-0.25, -0.2) is 0 Å². The summed E-state index contributed by atoms with van der Waals surface area (Å²) in [5, 5.41) is 8.59. The summed E-state index contributed by atoms with van der Waals surface area (Å²) in [4.78, 5) is 16.2. The number of aromatic nitrogens is 3. The van der Waals surface area contributed by atoms with E-state index in [0.717, 1.165) is 30.1 Å². The van der Waals surface area contributed by atoms with Crippen molar-refractivity contribution in [1.29, 1.82) is 0 Å². The average molecular weight is 404 g/mol. The molecule has 0 radical (unpaired) electrons. The quantitative estimate of drug-likeness (QED) is 0.455. The number of pyridine rings is 1. The zero-order chi connectivity index (χ0) is 19.6. The van der Waals surface area contributed by atoms with E-state index in [-0.39, 0.29) is 11.9 Å². The van der Waals surface area contributed by atoms with Gasteiger partial charge in [-0.05, 0) is 49.2 Å². The normalized spacial score (nSPS) is 16.6. The van der Waals surface area contributed by atoms with Gasteiger partial charge in [-0.3, -0.25) is 9.20 Å². The van der Waals surface area contributed by atoms with Crippen LogP contribution in [-0.4, -0.2) is 31.9 Å². The molecule has 29 heavy (non-hydrogen) atoms. The van der Waals surface area contributed by atoms with Crippen LogP contribution in [0, 0.1) is 0 Å². The fraction of sp³-hybridized carbons (Fsp3) is 0.227. The predicted molar refractivity (Wildman–Crippen MR) is 111 cm³/mol. The number of fused-ring (bicyclic) bond motifs is 1. The Morgan fingerprint density at radius 3 is 2.83 bits per heavy atom. The van der Waals surface area contributed by atoms with E-state index < -0.39 is 0 Å². The molecule has 4 heterocycles. The highest BCUT2D eigenvalue weighted by Gasteiger charge is 2.34. The summed E-state index contributed by atoms with van der Waals surface area (Å²) < 4.78 is 7.84. The van der Waals surface area contributed by atoms with Gasteiger partial charge in [0.05, 0.1) is 11.8 Å². The van der Waals surface area contributed by atoms with Crippen LogP contribution in [0.1, 0.15) is 41.0 Å². The number of hydrogen-bond donors (Lipinski definition) is 0. The number of thioether (sulfide) groups is 1. The highest BCUT2D eigenvalue weighted by molar-refractivity contribution is 7.98. The molecule has 1 aliphatic rings. The molecule has 1 aliphatic heterocycles. The minimum absolute atomic E-state index is 0.0869. The van der Waals surface area contributed by atoms with Crippen molar-refractivity contribution in [2.24, 2.45) is 0 Å². The number of hydrogen-bond acceptors (Lipinski definition) is 5. The van der Waals surface area contributed by atoms with Gasteiger partial charge in [-0.1, -0.05) is 24.3 Å². The van der Waals surface area contributed by atoms with Crippen molar-refractivity contribution in [2.75, 3.05) is 6.54 Å². The second-order valence-corrected chi connectivity index (χ2v) is 8.06. The van der Waals surface area contributed by atoms with Gasteiger partial charge in [0.1, 0.15) is 5.76 Å². The van der Waals surface area contributed by atoms with Crippen molar-refractivity contribution in [1.82, 2.24) is 19.5 Å². The highest BCUT2D eigenvalue weighted by atomic mass is 32.2. The lowest BCUT2D eigenvalue weighted by molar-refractivity contribution is 0.0695. The summed E-state index contributed by atoms with van der Waals surface area (Å²) in [6, 6.07) is 19.5. The van der Waals surface area contributed by atoms with E-state index in [2.05, 4.69) is 22.3 Å². The summed E-state index contributed by atoms with van der Waals surface area (Å²) >= 11 is 1.69. The highest BCUT2D eigenvalue weighted by Crippen LogP contribution is 2.33. The maximum absolute atomic E-state index is 13.1. The number of nitrogens with zero attached hydrogens (tertiary/aromatic N) is 4. The van der Waals surface area contributed by atoms with Gasteiger partial charge in [-0.2, -0.15) is 0 Å². The number of carbonyl (C=O) groups is 1. The molecule has 6 nitrogen and oxygen atoms in total. The third kappa shape index (κ3) is 3.53. The molecule has 0 saturated carbocycles. The molecule has 0 unspecified atom stereocenters. The van der Waals surface area contributed by atoms with Crippen LogP contribution in [0.2, 0.25) is 0 Å². The fourth-order valence-corrected chi connectivity index (χ4v) is 4.56. The molecule has 5 rings (SSSR count). The van der Waals surface area contributed by atoms with E-state index >= 15 is 0 Å². The zero-order valence-corrected chi connectivity index (χ0v) is 16.6. The molecule has 1 saturated heterocycles. The van der Waals surface area contributed by atoms with Crippen molar-refractivity contribution < 1.29 is 9.21 Å². The molecule has 4 aromatic rings. The molecule has 146 valence electrons. The molecule has 1 fully saturated rings. The summed E-state index contributed by atoms with van der Waals surface area (Å²) in [6.07, 6.45) is 3.76. The van der Waals surface area contributed by atoms with Crippen LogP contribution < -0.4 is 0 Å². The minimum Gasteiger partial charge on any atom is -0.455 e. The molecule has 0 bridgehead atoms. The largest absolute Gasteiger partial charge is 0.455 e. The van der Waals surface area contributed by atoms with E-state index in [0.29, 0.717) is 18.1 Å². The third-order valence-electron chi connectivity index (χ3n) is 5.15. The molecule has 0 aliphatic carbocycles. The first kappa shape index (κ1) is 18.0. The van der Waals surface area contributed by atoms with Crippen LogP contribution in [0.4, 0.5) is 0 Å². The van der Waals surface area contributed by atoms with Gasteiger partial charge in [0.2, 0.25) is 0 Å². The Hall–Kier alpha value is -3.06. The van der Waals surface area contributed by atoms with Crippen LogP contribution in [0.5, 0.6) is 0 Å². The monoisotopic (exact) mass is 404 g/mol. The molecule has 1 atom stereocenters. The number of benzene rings is 1. The standard InChI is InChI=1S/C22H20N4O2S/c27-22(19-12-11-16(28-19)15-29-17-7-2-1-3-8-17)25-14-6-9-18(25)21-24-23-20-10-4-5-13-26(20)21/h1-5,7-8,10-13,18H,6,9,14-15H2/t18-/m0/s1. The first-order chi connectivity index (χ1) is 14.3. The lowest BCUT2D eigenvalue weighted by atomic mass is 10.2. The number of carbonyl (C=O) groups excluding carboxylic acids is 1. The van der Waals surface area contributed by atoms with Crippen LogP contribution in [0.25, 0.3) is 5.65 Å². The van der Waals surface area contributed by atoms with Crippen molar-refractivity contribution in [3.63, 3.8) is 0 Å². The zero-order valence-electron chi connectivity index (χ0n) is 15.8. The van der Waals surface area contributed by atoms with Crippen LogP contribution in [-0.2, 0) is 5.75 Å². The van der Waals surface area contributed by atoms with Gasteiger partial charge in [0.15, 0.2) is 17.2 Å². The molecule has 0 spiro atoms. The van der Waals surface area contributed by atoms with Gasteiger partial charge >= 0.3 is 0 Å². The lowest BCUT2D eigenvalue weighted by Gasteiger charge is -2.22. The van der Waals surface area contributed by atoms with Gasteiger partial charge in [-0.15, -0.1) is 22.0 Å². The molecule has 1 amide bonds. The van der Waals surface area contributed by atoms with E-state index in [1.165, 1.54) is 4.90 Å². The van der Waals surface area contributed by atoms with Crippen LogP contribution in [0.3, 0.4) is 0 Å². The van der Waals surface area contributed by atoms with E-state index in [1.54, 1.807) is 17.8 Å². The van der Waals surface area contributed by atoms with Crippen molar-refractivity contribution in [2.45, 2.75) is 29.5 Å². The topological polar surface area (TPSA) is 63.6 Å². The average Bonchev–Trinajstić information content (AvgIpc) is 3.51.